The minimum atomic E-state index is -2.98. The fraction of sp³-hybridized carbons (Fsp3) is 0.500. The molecule has 4 heterocycles. The van der Waals surface area contributed by atoms with Gasteiger partial charge in [0.15, 0.2) is 6.61 Å². The normalized spacial score (nSPS) is 17.4. The third-order valence-corrected chi connectivity index (χ3v) is 5.67. The molecule has 160 valence electrons. The van der Waals surface area contributed by atoms with Gasteiger partial charge in [-0.3, -0.25) is 9.78 Å². The summed E-state index contributed by atoms with van der Waals surface area (Å²) in [4.78, 5) is 25.4. The van der Waals surface area contributed by atoms with Gasteiger partial charge in [-0.1, -0.05) is 0 Å². The first kappa shape index (κ1) is 20.5. The van der Waals surface area contributed by atoms with Crippen LogP contribution in [0.2, 0.25) is 0 Å². The van der Waals surface area contributed by atoms with Crippen molar-refractivity contribution in [2.24, 2.45) is 5.92 Å². The van der Waals surface area contributed by atoms with E-state index in [1.807, 2.05) is 19.2 Å². The van der Waals surface area contributed by atoms with Crippen molar-refractivity contribution in [1.29, 1.82) is 0 Å². The molecule has 0 atom stereocenters. The monoisotopic (exact) mass is 416 g/mol. The number of aromatic nitrogens is 2. The molecule has 30 heavy (non-hydrogen) atoms. The summed E-state index contributed by atoms with van der Waals surface area (Å²) in [6.45, 7) is 4.97. The number of aryl methyl sites for hydroxylation is 1. The molecule has 1 fully saturated rings. The highest BCUT2D eigenvalue weighted by Gasteiger charge is 2.34. The minimum absolute atomic E-state index is 0.00408. The van der Waals surface area contributed by atoms with E-state index in [0.717, 1.165) is 44.1 Å². The van der Waals surface area contributed by atoms with Gasteiger partial charge in [0, 0.05) is 56.9 Å². The Hall–Kier alpha value is -2.77. The van der Waals surface area contributed by atoms with Gasteiger partial charge in [-0.15, -0.1) is 0 Å². The molecule has 0 radical (unpaired) electrons. The van der Waals surface area contributed by atoms with E-state index in [2.05, 4.69) is 20.9 Å². The van der Waals surface area contributed by atoms with Crippen LogP contribution in [0.4, 0.5) is 14.5 Å². The number of pyridine rings is 2. The maximum Gasteiger partial charge on any atom is 0.278 e. The van der Waals surface area contributed by atoms with E-state index >= 15 is 0 Å². The Kier molecular flexibility index (Phi) is 5.58. The second-order valence-corrected chi connectivity index (χ2v) is 8.28. The Balaban J connectivity index is 1.36. The van der Waals surface area contributed by atoms with Gasteiger partial charge in [0.1, 0.15) is 5.56 Å². The summed E-state index contributed by atoms with van der Waals surface area (Å²) in [5.74, 6) is -2.75. The average molecular weight is 416 g/mol. The van der Waals surface area contributed by atoms with Crippen molar-refractivity contribution in [2.45, 2.75) is 39.2 Å². The number of carbonyl (C=O) groups excluding carboxylic acids is 1. The van der Waals surface area contributed by atoms with E-state index in [0.29, 0.717) is 24.6 Å². The number of ether oxygens (including phenoxy) is 1. The molecule has 8 heteroatoms. The lowest BCUT2D eigenvalue weighted by atomic mass is 9.96. The van der Waals surface area contributed by atoms with E-state index < -0.39 is 12.5 Å². The second kappa shape index (κ2) is 8.16. The summed E-state index contributed by atoms with van der Waals surface area (Å²) in [6.07, 6.45) is 5.32. The number of hydrogen-bond acceptors (Lipinski definition) is 5. The van der Waals surface area contributed by atoms with Crippen LogP contribution in [-0.2, 0) is 6.54 Å². The molecule has 1 amide bonds. The summed E-state index contributed by atoms with van der Waals surface area (Å²) in [5.41, 5.74) is 3.30. The first-order valence-electron chi connectivity index (χ1n) is 10.3. The number of halogens is 2. The molecule has 0 unspecified atom stereocenters. The van der Waals surface area contributed by atoms with Gasteiger partial charge in [-0.05, 0) is 49.4 Å². The van der Waals surface area contributed by atoms with Crippen LogP contribution in [0.5, 0.6) is 5.88 Å². The lowest BCUT2D eigenvalue weighted by molar-refractivity contribution is -0.0245. The Bertz CT molecular complexity index is 924. The smallest absolute Gasteiger partial charge is 0.278 e. The van der Waals surface area contributed by atoms with Gasteiger partial charge >= 0.3 is 0 Å². The molecule has 0 bridgehead atoms. The zero-order chi connectivity index (χ0) is 21.3. The molecule has 2 aromatic rings. The fourth-order valence-corrected chi connectivity index (χ4v) is 4.14. The van der Waals surface area contributed by atoms with Gasteiger partial charge < -0.3 is 14.5 Å². The molecular weight excluding hydrogens is 390 g/mol. The largest absolute Gasteiger partial charge is 0.471 e. The van der Waals surface area contributed by atoms with Crippen LogP contribution >= 0.6 is 0 Å². The van der Waals surface area contributed by atoms with Gasteiger partial charge in [-0.25, -0.2) is 13.8 Å². The first-order chi connectivity index (χ1) is 14.3. The number of rotatable bonds is 6. The third kappa shape index (κ3) is 4.52. The number of piperidine rings is 1. The van der Waals surface area contributed by atoms with Crippen LogP contribution in [0.25, 0.3) is 0 Å². The Morgan fingerprint density at radius 2 is 1.93 bits per heavy atom. The van der Waals surface area contributed by atoms with Crippen molar-refractivity contribution >= 4 is 11.6 Å². The van der Waals surface area contributed by atoms with Crippen molar-refractivity contribution in [3.8, 4) is 5.88 Å². The average Bonchev–Trinajstić information content (AvgIpc) is 3.02. The predicted molar refractivity (Wildman–Crippen MR) is 109 cm³/mol. The second-order valence-electron chi connectivity index (χ2n) is 8.28. The number of carbonyl (C=O) groups is 1. The van der Waals surface area contributed by atoms with Crippen molar-refractivity contribution in [3.05, 3.63) is 47.4 Å². The van der Waals surface area contributed by atoms with Gasteiger partial charge in [-0.2, -0.15) is 0 Å². The third-order valence-electron chi connectivity index (χ3n) is 5.67. The standard InChI is InChI=1S/C22H26F2N4O2/c1-15-11-18(4-8-25-15)27-9-5-16(6-10-27)12-28-13-17-3-7-26-20(19(17)21(28)29)30-14-22(2,23)24/h3-4,7-8,11,16H,5-6,9-10,12-14H2,1-2H3. The molecule has 6 nitrogen and oxygen atoms in total. The van der Waals surface area contributed by atoms with Crippen LogP contribution < -0.4 is 9.64 Å². The maximum absolute atomic E-state index is 13.2. The predicted octanol–water partition coefficient (Wildman–Crippen LogP) is 3.69. The van der Waals surface area contributed by atoms with E-state index in [4.69, 9.17) is 4.74 Å². The van der Waals surface area contributed by atoms with Crippen molar-refractivity contribution < 1.29 is 18.3 Å². The molecule has 0 aromatic carbocycles. The van der Waals surface area contributed by atoms with Crippen LogP contribution in [0.3, 0.4) is 0 Å². The topological polar surface area (TPSA) is 58.6 Å². The van der Waals surface area contributed by atoms with Gasteiger partial charge in [0.25, 0.3) is 11.8 Å². The lowest BCUT2D eigenvalue weighted by Gasteiger charge is -2.35. The number of fused-ring (bicyclic) bond motifs is 1. The van der Waals surface area contributed by atoms with E-state index in [9.17, 15) is 13.6 Å². The van der Waals surface area contributed by atoms with E-state index in [1.165, 1.54) is 11.9 Å². The zero-order valence-electron chi connectivity index (χ0n) is 17.3. The molecular formula is C22H26F2N4O2. The van der Waals surface area contributed by atoms with Crippen LogP contribution in [0.15, 0.2) is 30.6 Å². The van der Waals surface area contributed by atoms with Crippen molar-refractivity contribution in [2.75, 3.05) is 31.1 Å². The molecule has 0 spiro atoms. The molecule has 2 aliphatic heterocycles. The summed E-state index contributed by atoms with van der Waals surface area (Å²) in [6, 6.07) is 5.89. The minimum Gasteiger partial charge on any atom is -0.471 e. The van der Waals surface area contributed by atoms with E-state index in [1.54, 1.807) is 11.0 Å². The number of alkyl halides is 2. The van der Waals surface area contributed by atoms with Crippen LogP contribution in [0.1, 0.15) is 41.4 Å². The zero-order valence-corrected chi connectivity index (χ0v) is 17.3. The molecule has 1 saturated heterocycles. The lowest BCUT2D eigenvalue weighted by Crippen LogP contribution is -2.39. The quantitative estimate of drug-likeness (QED) is 0.719. The first-order valence-corrected chi connectivity index (χ1v) is 10.3. The summed E-state index contributed by atoms with van der Waals surface area (Å²) in [5, 5.41) is 0. The summed E-state index contributed by atoms with van der Waals surface area (Å²) < 4.78 is 31.5. The number of hydrogen-bond donors (Lipinski definition) is 0. The Morgan fingerprint density at radius 1 is 1.20 bits per heavy atom. The maximum atomic E-state index is 13.2. The molecule has 4 rings (SSSR count). The summed E-state index contributed by atoms with van der Waals surface area (Å²) in [7, 11) is 0. The highest BCUT2D eigenvalue weighted by Crippen LogP contribution is 2.32. The number of amides is 1. The molecule has 0 aliphatic carbocycles. The van der Waals surface area contributed by atoms with E-state index in [-0.39, 0.29) is 11.8 Å². The molecule has 2 aliphatic rings. The van der Waals surface area contributed by atoms with Gasteiger partial charge in [0.2, 0.25) is 5.88 Å². The van der Waals surface area contributed by atoms with Crippen LogP contribution in [0, 0.1) is 12.8 Å². The van der Waals surface area contributed by atoms with Crippen LogP contribution in [-0.4, -0.2) is 52.9 Å². The highest BCUT2D eigenvalue weighted by molar-refractivity contribution is 6.00. The molecule has 0 saturated carbocycles. The van der Waals surface area contributed by atoms with Gasteiger partial charge in [0.05, 0.1) is 0 Å². The van der Waals surface area contributed by atoms with Crippen molar-refractivity contribution in [1.82, 2.24) is 14.9 Å². The van der Waals surface area contributed by atoms with Crippen molar-refractivity contribution in [3.63, 3.8) is 0 Å². The highest BCUT2D eigenvalue weighted by atomic mass is 19.3. The molecule has 0 N–H and O–H groups in total. The Labute approximate surface area is 174 Å². The Morgan fingerprint density at radius 3 is 2.63 bits per heavy atom. The molecule has 2 aromatic heterocycles. The number of nitrogens with zero attached hydrogens (tertiary/aromatic N) is 4. The fourth-order valence-electron chi connectivity index (χ4n) is 4.14. The SMILES string of the molecule is Cc1cc(N2CCC(CN3Cc4ccnc(OCC(C)(F)F)c4C3=O)CC2)ccn1. The summed E-state index contributed by atoms with van der Waals surface area (Å²) >= 11 is 0. The number of anilines is 1.